The lowest BCUT2D eigenvalue weighted by Crippen LogP contribution is -2.16. The first-order valence-corrected chi connectivity index (χ1v) is 6.21. The first kappa shape index (κ1) is 10.8. The van der Waals surface area contributed by atoms with Crippen LogP contribution in [0.15, 0.2) is 24.4 Å². The van der Waals surface area contributed by atoms with Crippen LogP contribution in [0.2, 0.25) is 5.02 Å². The predicted molar refractivity (Wildman–Crippen MR) is 69.1 cm³/mol. The number of fused-ring (bicyclic) bond motifs is 3. The van der Waals surface area contributed by atoms with Crippen molar-refractivity contribution in [2.45, 2.75) is 19.4 Å². The summed E-state index contributed by atoms with van der Waals surface area (Å²) in [4.78, 5) is 4.45. The van der Waals surface area contributed by atoms with E-state index in [1.165, 1.54) is 5.56 Å². The van der Waals surface area contributed by atoms with E-state index in [2.05, 4.69) is 15.6 Å². The number of rotatable bonds is 2. The number of aromatic nitrogens is 2. The fourth-order valence-corrected chi connectivity index (χ4v) is 2.78. The van der Waals surface area contributed by atoms with Crippen molar-refractivity contribution in [2.75, 3.05) is 6.54 Å². The molecule has 2 aromatic rings. The van der Waals surface area contributed by atoms with Gasteiger partial charge in [-0.1, -0.05) is 23.7 Å². The average Bonchev–Trinajstić information content (AvgIpc) is 2.73. The largest absolute Gasteiger partial charge is 0.330 e. The van der Waals surface area contributed by atoms with Gasteiger partial charge in [-0.3, -0.25) is 0 Å². The highest BCUT2D eigenvalue weighted by atomic mass is 35.5. The summed E-state index contributed by atoms with van der Waals surface area (Å²) < 4.78 is 2.24. The second-order valence-electron chi connectivity index (χ2n) is 4.27. The zero-order valence-electron chi connectivity index (χ0n) is 9.49. The van der Waals surface area contributed by atoms with Crippen LogP contribution in [0.25, 0.3) is 11.3 Å². The van der Waals surface area contributed by atoms with E-state index in [4.69, 9.17) is 17.3 Å². The molecule has 2 heterocycles. The lowest BCUT2D eigenvalue weighted by molar-refractivity contribution is 0.640. The number of imidazole rings is 1. The van der Waals surface area contributed by atoms with E-state index in [0.29, 0.717) is 6.54 Å². The quantitative estimate of drug-likeness (QED) is 0.885. The molecule has 1 aromatic heterocycles. The fraction of sp³-hybridized carbons (Fsp3) is 0.308. The van der Waals surface area contributed by atoms with Gasteiger partial charge in [-0.05, 0) is 24.6 Å². The van der Waals surface area contributed by atoms with Gasteiger partial charge in [0.2, 0.25) is 0 Å². The molecule has 3 nitrogen and oxygen atoms in total. The number of nitrogens with zero attached hydrogens (tertiary/aromatic N) is 2. The molecule has 88 valence electrons. The van der Waals surface area contributed by atoms with E-state index < -0.39 is 0 Å². The Morgan fingerprint density at radius 2 is 2.29 bits per heavy atom. The molecule has 3 rings (SSSR count). The van der Waals surface area contributed by atoms with Crippen molar-refractivity contribution < 1.29 is 0 Å². The molecule has 0 saturated carbocycles. The lowest BCUT2D eigenvalue weighted by atomic mass is 9.99. The maximum absolute atomic E-state index is 6.29. The molecule has 1 aliphatic rings. The molecule has 0 unspecified atom stereocenters. The molecular formula is C13H14ClN3. The van der Waals surface area contributed by atoms with Gasteiger partial charge < -0.3 is 10.3 Å². The zero-order chi connectivity index (χ0) is 11.8. The Morgan fingerprint density at radius 3 is 3.12 bits per heavy atom. The molecule has 0 fully saturated rings. The van der Waals surface area contributed by atoms with Crippen molar-refractivity contribution in [2.24, 2.45) is 5.73 Å². The summed E-state index contributed by atoms with van der Waals surface area (Å²) in [7, 11) is 0. The van der Waals surface area contributed by atoms with Crippen molar-refractivity contribution in [3.8, 4) is 11.3 Å². The SMILES string of the molecule is NCCc1ncc2n1CCc1cccc(Cl)c1-2. The predicted octanol–water partition coefficient (Wildman–Crippen LogP) is 2.26. The Kier molecular flexibility index (Phi) is 2.65. The molecule has 0 amide bonds. The summed E-state index contributed by atoms with van der Waals surface area (Å²) >= 11 is 6.29. The fourth-order valence-electron chi connectivity index (χ4n) is 2.49. The molecule has 17 heavy (non-hydrogen) atoms. The van der Waals surface area contributed by atoms with E-state index in [1.807, 2.05) is 18.3 Å². The summed E-state index contributed by atoms with van der Waals surface area (Å²) in [6, 6.07) is 6.08. The molecular weight excluding hydrogens is 234 g/mol. The molecule has 1 aliphatic heterocycles. The number of halogens is 1. The highest BCUT2D eigenvalue weighted by molar-refractivity contribution is 6.33. The minimum atomic E-state index is 0.631. The highest BCUT2D eigenvalue weighted by Gasteiger charge is 2.20. The Balaban J connectivity index is 2.17. The Labute approximate surface area is 105 Å². The Bertz CT molecular complexity index is 560. The number of hydrogen-bond acceptors (Lipinski definition) is 2. The monoisotopic (exact) mass is 247 g/mol. The van der Waals surface area contributed by atoms with Gasteiger partial charge in [0.15, 0.2) is 0 Å². The second kappa shape index (κ2) is 4.17. The van der Waals surface area contributed by atoms with Gasteiger partial charge in [0, 0.05) is 18.5 Å². The van der Waals surface area contributed by atoms with Gasteiger partial charge >= 0.3 is 0 Å². The van der Waals surface area contributed by atoms with Crippen molar-refractivity contribution in [3.63, 3.8) is 0 Å². The number of aryl methyl sites for hydroxylation is 1. The molecule has 4 heteroatoms. The Morgan fingerprint density at radius 1 is 1.41 bits per heavy atom. The number of benzene rings is 1. The third-order valence-corrected chi connectivity index (χ3v) is 3.58. The van der Waals surface area contributed by atoms with Crippen LogP contribution in [-0.4, -0.2) is 16.1 Å². The first-order valence-electron chi connectivity index (χ1n) is 5.83. The summed E-state index contributed by atoms with van der Waals surface area (Å²) in [5.41, 5.74) is 9.17. The van der Waals surface area contributed by atoms with Crippen LogP contribution < -0.4 is 5.73 Å². The van der Waals surface area contributed by atoms with E-state index in [9.17, 15) is 0 Å². The smallest absolute Gasteiger partial charge is 0.110 e. The molecule has 1 aromatic carbocycles. The molecule has 0 bridgehead atoms. The van der Waals surface area contributed by atoms with Crippen LogP contribution in [-0.2, 0) is 19.4 Å². The molecule has 0 saturated heterocycles. The summed E-state index contributed by atoms with van der Waals surface area (Å²) in [6.07, 6.45) is 3.74. The normalized spacial score (nSPS) is 13.3. The van der Waals surface area contributed by atoms with E-state index in [1.54, 1.807) is 0 Å². The second-order valence-corrected chi connectivity index (χ2v) is 4.68. The van der Waals surface area contributed by atoms with Gasteiger partial charge in [-0.2, -0.15) is 0 Å². The molecule has 0 spiro atoms. The van der Waals surface area contributed by atoms with Crippen LogP contribution in [0, 0.1) is 0 Å². The maximum atomic E-state index is 6.29. The molecule has 2 N–H and O–H groups in total. The minimum absolute atomic E-state index is 0.631. The van der Waals surface area contributed by atoms with Gasteiger partial charge in [-0.25, -0.2) is 4.98 Å². The molecule has 0 atom stereocenters. The topological polar surface area (TPSA) is 43.8 Å². The van der Waals surface area contributed by atoms with Crippen molar-refractivity contribution in [1.29, 1.82) is 0 Å². The van der Waals surface area contributed by atoms with Crippen molar-refractivity contribution >= 4 is 11.6 Å². The Hall–Kier alpha value is -1.32. The van der Waals surface area contributed by atoms with Crippen LogP contribution in [0.5, 0.6) is 0 Å². The summed E-state index contributed by atoms with van der Waals surface area (Å²) in [5.74, 6) is 1.06. The van der Waals surface area contributed by atoms with Gasteiger partial charge in [0.1, 0.15) is 5.82 Å². The van der Waals surface area contributed by atoms with Crippen LogP contribution in [0.1, 0.15) is 11.4 Å². The minimum Gasteiger partial charge on any atom is -0.330 e. The summed E-state index contributed by atoms with van der Waals surface area (Å²) in [6.45, 7) is 1.60. The summed E-state index contributed by atoms with van der Waals surface area (Å²) in [5, 5.41) is 0.808. The highest BCUT2D eigenvalue weighted by Crippen LogP contribution is 2.35. The maximum Gasteiger partial charge on any atom is 0.110 e. The first-order chi connectivity index (χ1) is 8.31. The zero-order valence-corrected chi connectivity index (χ0v) is 10.2. The van der Waals surface area contributed by atoms with Gasteiger partial charge in [0.05, 0.1) is 16.9 Å². The standard InChI is InChI=1S/C13H14ClN3/c14-10-3-1-2-9-5-7-17-11(13(9)10)8-16-12(17)4-6-15/h1-3,8H,4-7,15H2. The van der Waals surface area contributed by atoms with Crippen molar-refractivity contribution in [1.82, 2.24) is 9.55 Å². The van der Waals surface area contributed by atoms with Gasteiger partial charge in [0.25, 0.3) is 0 Å². The van der Waals surface area contributed by atoms with Gasteiger partial charge in [-0.15, -0.1) is 0 Å². The number of nitrogens with two attached hydrogens (primary N) is 1. The van der Waals surface area contributed by atoms with Crippen LogP contribution in [0.3, 0.4) is 0 Å². The van der Waals surface area contributed by atoms with E-state index in [-0.39, 0.29) is 0 Å². The van der Waals surface area contributed by atoms with Crippen LogP contribution >= 0.6 is 11.6 Å². The third-order valence-electron chi connectivity index (χ3n) is 3.27. The van der Waals surface area contributed by atoms with E-state index >= 15 is 0 Å². The number of hydrogen-bond donors (Lipinski definition) is 1. The van der Waals surface area contributed by atoms with E-state index in [0.717, 1.165) is 41.5 Å². The van der Waals surface area contributed by atoms with Crippen LogP contribution in [0.4, 0.5) is 0 Å². The average molecular weight is 248 g/mol. The molecule has 0 aliphatic carbocycles. The lowest BCUT2D eigenvalue weighted by Gasteiger charge is -2.21. The third kappa shape index (κ3) is 1.66. The molecule has 0 radical (unpaired) electrons. The van der Waals surface area contributed by atoms with Crippen molar-refractivity contribution in [3.05, 3.63) is 40.8 Å².